The van der Waals surface area contributed by atoms with E-state index >= 15 is 0 Å². The summed E-state index contributed by atoms with van der Waals surface area (Å²) in [5, 5.41) is 3.76. The van der Waals surface area contributed by atoms with Gasteiger partial charge in [-0.05, 0) is 48.0 Å². The molecule has 11 heteroatoms. The van der Waals surface area contributed by atoms with Gasteiger partial charge in [0, 0.05) is 10.4 Å². The molecule has 0 N–H and O–H groups in total. The molecule has 0 amide bonds. The third kappa shape index (κ3) is 4.17. The summed E-state index contributed by atoms with van der Waals surface area (Å²) in [5.74, 6) is 0.804. The molecule has 0 bridgehead atoms. The van der Waals surface area contributed by atoms with Crippen LogP contribution in [0.5, 0.6) is 5.75 Å². The predicted octanol–water partition coefficient (Wildman–Crippen LogP) is 5.25. The molecule has 5 rings (SSSR count). The number of aromatic nitrogens is 4. The highest BCUT2D eigenvalue weighted by atomic mass is 32.1. The molecule has 3 aromatic heterocycles. The summed E-state index contributed by atoms with van der Waals surface area (Å²) in [4.78, 5) is 22.4. The van der Waals surface area contributed by atoms with Crippen molar-refractivity contribution >= 4 is 21.6 Å². The van der Waals surface area contributed by atoms with Crippen molar-refractivity contribution in [2.75, 3.05) is 7.11 Å². The molecule has 0 atom stereocenters. The second-order valence-electron chi connectivity index (χ2n) is 7.32. The van der Waals surface area contributed by atoms with Gasteiger partial charge in [-0.15, -0.1) is 11.3 Å². The largest absolute Gasteiger partial charge is 0.497 e. The van der Waals surface area contributed by atoms with Gasteiger partial charge < -0.3 is 9.26 Å². The number of hydrogen-bond donors (Lipinski definition) is 0. The molecular formula is C23H15F3N4O3S. The molecule has 3 heterocycles. The molecule has 172 valence electrons. The van der Waals surface area contributed by atoms with Gasteiger partial charge in [-0.3, -0.25) is 9.36 Å². The molecule has 0 aliphatic rings. The van der Waals surface area contributed by atoms with E-state index in [9.17, 15) is 18.0 Å². The number of rotatable bonds is 5. The first-order chi connectivity index (χ1) is 16.3. The number of benzene rings is 2. The lowest BCUT2D eigenvalue weighted by molar-refractivity contribution is -0.137. The average molecular weight is 484 g/mol. The van der Waals surface area contributed by atoms with Crippen LogP contribution in [0.15, 0.2) is 70.2 Å². The van der Waals surface area contributed by atoms with E-state index in [1.807, 2.05) is 30.3 Å². The van der Waals surface area contributed by atoms with Gasteiger partial charge in [-0.25, -0.2) is 4.98 Å². The van der Waals surface area contributed by atoms with Crippen LogP contribution in [0, 0.1) is 0 Å². The quantitative estimate of drug-likeness (QED) is 0.339. The SMILES string of the molecule is COc1ccc(-c2cc3ncn(Cc4nc(-c5cccc(C(F)(F)F)c5)no4)c(=O)c3s2)cc1. The monoisotopic (exact) mass is 484 g/mol. The molecule has 5 aromatic rings. The van der Waals surface area contributed by atoms with Crippen LogP contribution in [0.2, 0.25) is 0 Å². The van der Waals surface area contributed by atoms with Crippen molar-refractivity contribution in [1.29, 1.82) is 0 Å². The molecular weight excluding hydrogens is 469 g/mol. The average Bonchev–Trinajstić information content (AvgIpc) is 3.48. The Hall–Kier alpha value is -3.99. The molecule has 0 saturated carbocycles. The Labute approximate surface area is 194 Å². The minimum Gasteiger partial charge on any atom is -0.497 e. The van der Waals surface area contributed by atoms with Gasteiger partial charge in [0.2, 0.25) is 11.7 Å². The molecule has 7 nitrogen and oxygen atoms in total. The summed E-state index contributed by atoms with van der Waals surface area (Å²) >= 11 is 1.31. The van der Waals surface area contributed by atoms with Crippen LogP contribution in [0.1, 0.15) is 11.5 Å². The van der Waals surface area contributed by atoms with Gasteiger partial charge in [0.15, 0.2) is 0 Å². The fourth-order valence-electron chi connectivity index (χ4n) is 3.37. The summed E-state index contributed by atoms with van der Waals surface area (Å²) in [7, 11) is 1.59. The van der Waals surface area contributed by atoms with Crippen molar-refractivity contribution in [3.8, 4) is 27.6 Å². The molecule has 0 unspecified atom stereocenters. The molecule has 0 fully saturated rings. The lowest BCUT2D eigenvalue weighted by atomic mass is 10.1. The number of methoxy groups -OCH3 is 1. The van der Waals surface area contributed by atoms with Crippen LogP contribution in [0.25, 0.3) is 32.0 Å². The van der Waals surface area contributed by atoms with E-state index in [1.165, 1.54) is 34.4 Å². The Kier molecular flexibility index (Phi) is 5.40. The van der Waals surface area contributed by atoms with Crippen molar-refractivity contribution in [3.05, 3.63) is 82.7 Å². The molecule has 0 spiro atoms. The smallest absolute Gasteiger partial charge is 0.416 e. The van der Waals surface area contributed by atoms with Crippen LogP contribution in [0.3, 0.4) is 0 Å². The van der Waals surface area contributed by atoms with E-state index in [-0.39, 0.29) is 29.4 Å². The minimum atomic E-state index is -4.48. The lowest BCUT2D eigenvalue weighted by Gasteiger charge is -2.06. The molecule has 2 aromatic carbocycles. The van der Waals surface area contributed by atoms with Gasteiger partial charge in [-0.1, -0.05) is 17.3 Å². The third-order valence-corrected chi connectivity index (χ3v) is 6.26. The third-order valence-electron chi connectivity index (χ3n) is 5.10. The summed E-state index contributed by atoms with van der Waals surface area (Å²) < 4.78 is 51.1. The highest BCUT2D eigenvalue weighted by Crippen LogP contribution is 2.33. The fraction of sp³-hybridized carbons (Fsp3) is 0.130. The first-order valence-electron chi connectivity index (χ1n) is 9.95. The van der Waals surface area contributed by atoms with Crippen molar-refractivity contribution in [2.45, 2.75) is 12.7 Å². The number of thiophene rings is 1. The summed E-state index contributed by atoms with van der Waals surface area (Å²) in [5.41, 5.74) is 0.555. The highest BCUT2D eigenvalue weighted by molar-refractivity contribution is 7.22. The maximum Gasteiger partial charge on any atom is 0.416 e. The van der Waals surface area contributed by atoms with Crippen molar-refractivity contribution in [1.82, 2.24) is 19.7 Å². The topological polar surface area (TPSA) is 83.0 Å². The van der Waals surface area contributed by atoms with Crippen molar-refractivity contribution in [3.63, 3.8) is 0 Å². The minimum absolute atomic E-state index is 0.00102. The van der Waals surface area contributed by atoms with E-state index < -0.39 is 11.7 Å². The Bertz CT molecular complexity index is 1540. The van der Waals surface area contributed by atoms with Crippen molar-refractivity contribution in [2.24, 2.45) is 0 Å². The van der Waals surface area contributed by atoms with Crippen molar-refractivity contribution < 1.29 is 22.4 Å². The van der Waals surface area contributed by atoms with Crippen LogP contribution >= 0.6 is 11.3 Å². The van der Waals surface area contributed by atoms with E-state index in [2.05, 4.69) is 15.1 Å². The summed E-state index contributed by atoms with van der Waals surface area (Å²) in [6.45, 7) is -0.0660. The number of fused-ring (bicyclic) bond motifs is 1. The lowest BCUT2D eigenvalue weighted by Crippen LogP contribution is -2.20. The zero-order chi connectivity index (χ0) is 23.9. The number of halogens is 3. The fourth-order valence-corrected chi connectivity index (χ4v) is 4.44. The van der Waals surface area contributed by atoms with Gasteiger partial charge in [-0.2, -0.15) is 18.2 Å². The zero-order valence-electron chi connectivity index (χ0n) is 17.5. The van der Waals surface area contributed by atoms with Gasteiger partial charge in [0.25, 0.3) is 5.56 Å². The molecule has 0 aliphatic carbocycles. The normalized spacial score (nSPS) is 11.8. The molecule has 34 heavy (non-hydrogen) atoms. The van der Waals surface area contributed by atoms with Gasteiger partial charge in [0.1, 0.15) is 17.0 Å². The van der Waals surface area contributed by atoms with E-state index in [0.29, 0.717) is 10.2 Å². The Morgan fingerprint density at radius 2 is 1.88 bits per heavy atom. The highest BCUT2D eigenvalue weighted by Gasteiger charge is 2.30. The second-order valence-corrected chi connectivity index (χ2v) is 8.37. The van der Waals surface area contributed by atoms with Crippen LogP contribution in [-0.4, -0.2) is 26.8 Å². The summed E-state index contributed by atoms with van der Waals surface area (Å²) in [6.07, 6.45) is -3.11. The maximum absolute atomic E-state index is 13.0. The zero-order valence-corrected chi connectivity index (χ0v) is 18.4. The standard InChI is InChI=1S/C23H15F3N4O3S/c1-32-16-7-5-13(6-8-16)18-10-17-20(34-18)22(31)30(12-27-17)11-19-28-21(29-33-19)14-3-2-4-15(9-14)23(24,25)26/h2-10,12H,11H2,1H3. The number of alkyl halides is 3. The van der Waals surface area contributed by atoms with E-state index in [0.717, 1.165) is 28.3 Å². The Morgan fingerprint density at radius 1 is 1.09 bits per heavy atom. The van der Waals surface area contributed by atoms with Gasteiger partial charge >= 0.3 is 6.18 Å². The predicted molar refractivity (Wildman–Crippen MR) is 120 cm³/mol. The number of ether oxygens (including phenoxy) is 1. The van der Waals surface area contributed by atoms with Crippen LogP contribution < -0.4 is 10.3 Å². The summed E-state index contributed by atoms with van der Waals surface area (Å²) in [6, 6.07) is 13.9. The number of hydrogen-bond acceptors (Lipinski definition) is 7. The first-order valence-corrected chi connectivity index (χ1v) is 10.8. The van der Waals surface area contributed by atoms with E-state index in [4.69, 9.17) is 9.26 Å². The first kappa shape index (κ1) is 21.8. The second kappa shape index (κ2) is 8.41. The molecule has 0 radical (unpaired) electrons. The van der Waals surface area contributed by atoms with Crippen LogP contribution in [-0.2, 0) is 12.7 Å². The molecule has 0 aliphatic heterocycles. The molecule has 0 saturated heterocycles. The van der Waals surface area contributed by atoms with Gasteiger partial charge in [0.05, 0.1) is 24.5 Å². The maximum atomic E-state index is 13.0. The van der Waals surface area contributed by atoms with E-state index in [1.54, 1.807) is 7.11 Å². The Balaban J connectivity index is 1.42. The number of nitrogens with zero attached hydrogens (tertiary/aromatic N) is 4. The Morgan fingerprint density at radius 3 is 2.62 bits per heavy atom. The van der Waals surface area contributed by atoms with Crippen LogP contribution in [0.4, 0.5) is 13.2 Å².